The Labute approximate surface area is 64.4 Å². The predicted molar refractivity (Wildman–Crippen MR) is 45.2 cm³/mol. The molecule has 1 heterocycles. The molecule has 1 heteroatoms. The normalized spacial score (nSPS) is 27.6. The van der Waals surface area contributed by atoms with Crippen LogP contribution in [0.3, 0.4) is 0 Å². The van der Waals surface area contributed by atoms with Gasteiger partial charge in [0.15, 0.2) is 0 Å². The van der Waals surface area contributed by atoms with Gasteiger partial charge in [0.2, 0.25) is 0 Å². The van der Waals surface area contributed by atoms with Gasteiger partial charge in [0.1, 0.15) is 0 Å². The van der Waals surface area contributed by atoms with Gasteiger partial charge < -0.3 is 4.90 Å². The van der Waals surface area contributed by atoms with E-state index in [9.17, 15) is 0 Å². The number of rotatable bonds is 3. The average Bonchev–Trinajstić information content (AvgIpc) is 2.31. The molecule has 0 N–H and O–H groups in total. The molecule has 0 amide bonds. The molecule has 0 aromatic heterocycles. The van der Waals surface area contributed by atoms with Crippen molar-refractivity contribution in [1.29, 1.82) is 0 Å². The summed E-state index contributed by atoms with van der Waals surface area (Å²) in [6.45, 7) is 3.60. The van der Waals surface area contributed by atoms with E-state index in [4.69, 9.17) is 0 Å². The molecule has 1 aliphatic heterocycles. The molecule has 1 rings (SSSR count). The Morgan fingerprint density at radius 2 is 2.30 bits per heavy atom. The molecule has 1 aliphatic rings. The van der Waals surface area contributed by atoms with Crippen LogP contribution < -0.4 is 0 Å². The quantitative estimate of drug-likeness (QED) is 0.583. The van der Waals surface area contributed by atoms with Crippen LogP contribution in [0.2, 0.25) is 0 Å². The topological polar surface area (TPSA) is 3.24 Å². The minimum Gasteiger partial charge on any atom is -0.303 e. The van der Waals surface area contributed by atoms with Gasteiger partial charge in [-0.1, -0.05) is 19.8 Å². The third-order valence-corrected chi connectivity index (χ3v) is 2.56. The monoisotopic (exact) mass is 141 g/mol. The first-order valence-corrected chi connectivity index (χ1v) is 4.55. The lowest BCUT2D eigenvalue weighted by molar-refractivity contribution is 0.291. The van der Waals surface area contributed by atoms with Crippen molar-refractivity contribution in [3.8, 4) is 0 Å². The van der Waals surface area contributed by atoms with Crippen molar-refractivity contribution < 1.29 is 0 Å². The minimum atomic E-state index is 0.917. The summed E-state index contributed by atoms with van der Waals surface area (Å²) in [5, 5.41) is 0. The van der Waals surface area contributed by atoms with E-state index in [0.29, 0.717) is 0 Å². The maximum Gasteiger partial charge on any atom is 0.00926 e. The van der Waals surface area contributed by atoms with E-state index in [0.717, 1.165) is 6.04 Å². The molecule has 60 valence electrons. The third kappa shape index (κ3) is 1.98. The second kappa shape index (κ2) is 3.97. The summed E-state index contributed by atoms with van der Waals surface area (Å²) in [5.41, 5.74) is 0. The molecule has 10 heavy (non-hydrogen) atoms. The van der Waals surface area contributed by atoms with E-state index in [1.54, 1.807) is 0 Å². The number of hydrogen-bond donors (Lipinski definition) is 0. The first kappa shape index (κ1) is 8.06. The smallest absolute Gasteiger partial charge is 0.00926 e. The summed E-state index contributed by atoms with van der Waals surface area (Å²) in [7, 11) is 2.26. The van der Waals surface area contributed by atoms with Gasteiger partial charge in [0, 0.05) is 6.04 Å². The van der Waals surface area contributed by atoms with Gasteiger partial charge in [0.25, 0.3) is 0 Å². The van der Waals surface area contributed by atoms with Crippen molar-refractivity contribution in [2.45, 2.75) is 45.1 Å². The second-order valence-corrected chi connectivity index (χ2v) is 3.42. The molecule has 1 unspecified atom stereocenters. The van der Waals surface area contributed by atoms with Gasteiger partial charge in [0.05, 0.1) is 0 Å². The Morgan fingerprint density at radius 3 is 2.80 bits per heavy atom. The van der Waals surface area contributed by atoms with Gasteiger partial charge >= 0.3 is 0 Å². The number of nitrogens with zero attached hydrogens (tertiary/aromatic N) is 1. The summed E-state index contributed by atoms with van der Waals surface area (Å²) >= 11 is 0. The highest BCUT2D eigenvalue weighted by atomic mass is 15.1. The Morgan fingerprint density at radius 1 is 1.50 bits per heavy atom. The second-order valence-electron chi connectivity index (χ2n) is 3.42. The average molecular weight is 141 g/mol. The molecule has 0 aliphatic carbocycles. The highest BCUT2D eigenvalue weighted by molar-refractivity contribution is 4.75. The van der Waals surface area contributed by atoms with Crippen LogP contribution in [0.4, 0.5) is 0 Å². The number of unbranched alkanes of at least 4 members (excludes halogenated alkanes) is 1. The van der Waals surface area contributed by atoms with Crippen molar-refractivity contribution >= 4 is 0 Å². The lowest BCUT2D eigenvalue weighted by Crippen LogP contribution is -2.24. The van der Waals surface area contributed by atoms with Crippen LogP contribution in [0.15, 0.2) is 0 Å². The maximum absolute atomic E-state index is 2.51. The molecule has 1 nitrogen and oxygen atoms in total. The van der Waals surface area contributed by atoms with Crippen molar-refractivity contribution in [2.24, 2.45) is 0 Å². The molecular formula is C9H19N. The van der Waals surface area contributed by atoms with Crippen LogP contribution in [0.1, 0.15) is 39.0 Å². The minimum absolute atomic E-state index is 0.917. The molecule has 0 bridgehead atoms. The molecule has 0 spiro atoms. The highest BCUT2D eigenvalue weighted by Crippen LogP contribution is 2.19. The zero-order chi connectivity index (χ0) is 7.40. The fraction of sp³-hybridized carbons (Fsp3) is 1.00. The first-order chi connectivity index (χ1) is 4.84. The maximum atomic E-state index is 2.51. The van der Waals surface area contributed by atoms with Crippen molar-refractivity contribution in [2.75, 3.05) is 13.6 Å². The van der Waals surface area contributed by atoms with Crippen LogP contribution >= 0.6 is 0 Å². The summed E-state index contributed by atoms with van der Waals surface area (Å²) in [4.78, 5) is 2.51. The van der Waals surface area contributed by atoms with E-state index in [-0.39, 0.29) is 0 Å². The van der Waals surface area contributed by atoms with Crippen molar-refractivity contribution in [3.05, 3.63) is 0 Å². The lowest BCUT2D eigenvalue weighted by Gasteiger charge is -2.18. The highest BCUT2D eigenvalue weighted by Gasteiger charge is 2.19. The predicted octanol–water partition coefficient (Wildman–Crippen LogP) is 2.27. The van der Waals surface area contributed by atoms with Crippen LogP contribution in [-0.4, -0.2) is 24.5 Å². The van der Waals surface area contributed by atoms with Gasteiger partial charge in [-0.15, -0.1) is 0 Å². The SMILES string of the molecule is CCCCC1CCCN1C. The lowest BCUT2D eigenvalue weighted by atomic mass is 10.1. The summed E-state index contributed by atoms with van der Waals surface area (Å²) in [5.74, 6) is 0. The molecule has 0 saturated carbocycles. The Hall–Kier alpha value is -0.0400. The molecule has 0 radical (unpaired) electrons. The Balaban J connectivity index is 2.14. The van der Waals surface area contributed by atoms with E-state index in [1.165, 1.54) is 38.6 Å². The van der Waals surface area contributed by atoms with Crippen molar-refractivity contribution in [1.82, 2.24) is 4.90 Å². The van der Waals surface area contributed by atoms with Crippen LogP contribution in [0.25, 0.3) is 0 Å². The van der Waals surface area contributed by atoms with Crippen molar-refractivity contribution in [3.63, 3.8) is 0 Å². The van der Waals surface area contributed by atoms with Crippen LogP contribution in [0, 0.1) is 0 Å². The summed E-state index contributed by atoms with van der Waals surface area (Å²) in [6.07, 6.45) is 7.05. The van der Waals surface area contributed by atoms with Gasteiger partial charge in [-0.05, 0) is 32.9 Å². The van der Waals surface area contributed by atoms with Crippen LogP contribution in [-0.2, 0) is 0 Å². The third-order valence-electron chi connectivity index (χ3n) is 2.56. The molecular weight excluding hydrogens is 122 g/mol. The van der Waals surface area contributed by atoms with E-state index in [1.807, 2.05) is 0 Å². The van der Waals surface area contributed by atoms with E-state index >= 15 is 0 Å². The zero-order valence-corrected chi connectivity index (χ0v) is 7.27. The van der Waals surface area contributed by atoms with Gasteiger partial charge in [-0.25, -0.2) is 0 Å². The summed E-state index contributed by atoms with van der Waals surface area (Å²) in [6, 6.07) is 0.917. The number of hydrogen-bond acceptors (Lipinski definition) is 1. The van der Waals surface area contributed by atoms with Crippen LogP contribution in [0.5, 0.6) is 0 Å². The number of likely N-dealkylation sites (tertiary alicyclic amines) is 1. The zero-order valence-electron chi connectivity index (χ0n) is 7.27. The molecule has 0 aromatic carbocycles. The molecule has 1 saturated heterocycles. The van der Waals surface area contributed by atoms with E-state index < -0.39 is 0 Å². The fourth-order valence-corrected chi connectivity index (χ4v) is 1.78. The molecule has 1 atom stereocenters. The molecule has 0 aromatic rings. The van der Waals surface area contributed by atoms with E-state index in [2.05, 4.69) is 18.9 Å². The fourth-order valence-electron chi connectivity index (χ4n) is 1.78. The first-order valence-electron chi connectivity index (χ1n) is 4.55. The largest absolute Gasteiger partial charge is 0.303 e. The Bertz CT molecular complexity index is 90.7. The standard InChI is InChI=1S/C9H19N/c1-3-4-6-9-7-5-8-10(9)2/h9H,3-8H2,1-2H3. The summed E-state index contributed by atoms with van der Waals surface area (Å²) < 4.78 is 0. The molecule has 1 fully saturated rings. The van der Waals surface area contributed by atoms with Gasteiger partial charge in [-0.2, -0.15) is 0 Å². The Kier molecular flexibility index (Phi) is 3.20. The van der Waals surface area contributed by atoms with Gasteiger partial charge in [-0.3, -0.25) is 0 Å².